The molecule has 1 saturated carbocycles. The first-order valence-corrected chi connectivity index (χ1v) is 7.33. The van der Waals surface area contributed by atoms with Gasteiger partial charge in [0.1, 0.15) is 11.4 Å². The number of ether oxygens (including phenoxy) is 1. The fraction of sp³-hybridized carbons (Fsp3) is 0.600. The summed E-state index contributed by atoms with van der Waals surface area (Å²) >= 11 is 0. The van der Waals surface area contributed by atoms with Gasteiger partial charge in [0.2, 0.25) is 0 Å². The molecule has 0 spiro atoms. The van der Waals surface area contributed by atoms with Gasteiger partial charge in [-0.15, -0.1) is 0 Å². The standard InChI is InChI=1S/C15H21N3O2/c1-20-15(19)13-5-3-9-17-14(13)18(12-6-7-12)10-11-4-2-8-16-11/h3,5,9,11-12,16H,2,4,6-8,10H2,1H3. The largest absolute Gasteiger partial charge is 0.465 e. The zero-order valence-corrected chi connectivity index (χ0v) is 11.8. The van der Waals surface area contributed by atoms with E-state index in [4.69, 9.17) is 4.74 Å². The van der Waals surface area contributed by atoms with Crippen molar-refractivity contribution >= 4 is 11.8 Å². The van der Waals surface area contributed by atoms with Crippen molar-refractivity contribution in [1.82, 2.24) is 10.3 Å². The van der Waals surface area contributed by atoms with Crippen LogP contribution in [0.25, 0.3) is 0 Å². The number of methoxy groups -OCH3 is 1. The summed E-state index contributed by atoms with van der Waals surface area (Å²) in [7, 11) is 1.42. The average molecular weight is 275 g/mol. The second-order valence-electron chi connectivity index (χ2n) is 5.54. The summed E-state index contributed by atoms with van der Waals surface area (Å²) in [6.07, 6.45) is 6.55. The maximum Gasteiger partial charge on any atom is 0.341 e. The Morgan fingerprint density at radius 2 is 2.35 bits per heavy atom. The molecule has 1 aromatic heterocycles. The molecule has 108 valence electrons. The molecule has 1 saturated heterocycles. The molecule has 1 N–H and O–H groups in total. The summed E-state index contributed by atoms with van der Waals surface area (Å²) in [5, 5.41) is 3.52. The Labute approximate surface area is 119 Å². The van der Waals surface area contributed by atoms with Crippen molar-refractivity contribution in [2.75, 3.05) is 25.1 Å². The lowest BCUT2D eigenvalue weighted by molar-refractivity contribution is 0.0601. The van der Waals surface area contributed by atoms with E-state index in [1.54, 1.807) is 18.3 Å². The van der Waals surface area contributed by atoms with Crippen molar-refractivity contribution in [3.05, 3.63) is 23.9 Å². The Hall–Kier alpha value is -1.62. The SMILES string of the molecule is COC(=O)c1cccnc1N(CC1CCCN1)C1CC1. The van der Waals surface area contributed by atoms with Crippen LogP contribution in [0, 0.1) is 0 Å². The van der Waals surface area contributed by atoms with Crippen molar-refractivity contribution in [3.8, 4) is 0 Å². The number of hydrogen-bond acceptors (Lipinski definition) is 5. The molecule has 1 aliphatic carbocycles. The number of hydrogen-bond donors (Lipinski definition) is 1. The fourth-order valence-corrected chi connectivity index (χ4v) is 2.84. The van der Waals surface area contributed by atoms with E-state index in [0.717, 1.165) is 18.9 Å². The quantitative estimate of drug-likeness (QED) is 0.827. The van der Waals surface area contributed by atoms with Gasteiger partial charge in [-0.1, -0.05) is 0 Å². The van der Waals surface area contributed by atoms with Gasteiger partial charge in [0.15, 0.2) is 0 Å². The minimum Gasteiger partial charge on any atom is -0.465 e. The van der Waals surface area contributed by atoms with Crippen LogP contribution in [-0.4, -0.2) is 43.2 Å². The summed E-state index contributed by atoms with van der Waals surface area (Å²) in [4.78, 5) is 18.7. The van der Waals surface area contributed by atoms with Crippen LogP contribution >= 0.6 is 0 Å². The maximum absolute atomic E-state index is 11.9. The minimum absolute atomic E-state index is 0.307. The number of nitrogens with zero attached hydrogens (tertiary/aromatic N) is 2. The summed E-state index contributed by atoms with van der Waals surface area (Å²) in [6.45, 7) is 2.01. The zero-order valence-electron chi connectivity index (χ0n) is 11.8. The summed E-state index contributed by atoms with van der Waals surface area (Å²) in [5.74, 6) is 0.466. The fourth-order valence-electron chi connectivity index (χ4n) is 2.84. The predicted octanol–water partition coefficient (Wildman–Crippen LogP) is 1.59. The van der Waals surface area contributed by atoms with E-state index in [1.165, 1.54) is 32.8 Å². The molecule has 1 atom stereocenters. The molecular formula is C15H21N3O2. The van der Waals surface area contributed by atoms with Crippen LogP contribution in [0.4, 0.5) is 5.82 Å². The number of aromatic nitrogens is 1. The molecule has 1 unspecified atom stereocenters. The number of carbonyl (C=O) groups excluding carboxylic acids is 1. The Bertz CT molecular complexity index is 482. The van der Waals surface area contributed by atoms with E-state index in [9.17, 15) is 4.79 Å². The molecule has 2 heterocycles. The first-order valence-electron chi connectivity index (χ1n) is 7.33. The van der Waals surface area contributed by atoms with Crippen LogP contribution in [0.3, 0.4) is 0 Å². The number of anilines is 1. The van der Waals surface area contributed by atoms with Gasteiger partial charge in [0, 0.05) is 24.8 Å². The van der Waals surface area contributed by atoms with E-state index in [-0.39, 0.29) is 5.97 Å². The maximum atomic E-state index is 11.9. The average Bonchev–Trinajstić information content (AvgIpc) is 3.20. The van der Waals surface area contributed by atoms with Crippen molar-refractivity contribution in [2.24, 2.45) is 0 Å². The molecule has 2 aliphatic rings. The summed E-state index contributed by atoms with van der Waals surface area (Å²) < 4.78 is 4.88. The highest BCUT2D eigenvalue weighted by Crippen LogP contribution is 2.33. The van der Waals surface area contributed by atoms with E-state index in [1.807, 2.05) is 0 Å². The second kappa shape index (κ2) is 5.79. The number of pyridine rings is 1. The molecule has 3 rings (SSSR count). The molecule has 0 amide bonds. The summed E-state index contributed by atoms with van der Waals surface area (Å²) in [5.41, 5.74) is 0.569. The second-order valence-corrected chi connectivity index (χ2v) is 5.54. The van der Waals surface area contributed by atoms with Gasteiger partial charge < -0.3 is 15.0 Å². The van der Waals surface area contributed by atoms with Gasteiger partial charge in [-0.3, -0.25) is 0 Å². The van der Waals surface area contributed by atoms with E-state index < -0.39 is 0 Å². The van der Waals surface area contributed by atoms with Crippen LogP contribution in [0.1, 0.15) is 36.0 Å². The highest BCUT2D eigenvalue weighted by atomic mass is 16.5. The number of carbonyl (C=O) groups is 1. The minimum atomic E-state index is -0.307. The lowest BCUT2D eigenvalue weighted by Crippen LogP contribution is -2.40. The molecule has 5 nitrogen and oxygen atoms in total. The molecule has 2 fully saturated rings. The molecule has 1 aliphatic heterocycles. The Kier molecular flexibility index (Phi) is 3.87. The Morgan fingerprint density at radius 1 is 1.50 bits per heavy atom. The topological polar surface area (TPSA) is 54.5 Å². The van der Waals surface area contributed by atoms with Crippen molar-refractivity contribution in [3.63, 3.8) is 0 Å². The lowest BCUT2D eigenvalue weighted by Gasteiger charge is -2.28. The van der Waals surface area contributed by atoms with Crippen LogP contribution in [-0.2, 0) is 4.74 Å². The molecule has 20 heavy (non-hydrogen) atoms. The first-order chi connectivity index (χ1) is 9.79. The van der Waals surface area contributed by atoms with Crippen LogP contribution in [0.2, 0.25) is 0 Å². The number of nitrogens with one attached hydrogen (secondary N) is 1. The molecule has 0 bridgehead atoms. The Balaban J connectivity index is 1.85. The van der Waals surface area contributed by atoms with Gasteiger partial charge in [-0.2, -0.15) is 0 Å². The van der Waals surface area contributed by atoms with Crippen molar-refractivity contribution in [1.29, 1.82) is 0 Å². The first kappa shape index (κ1) is 13.4. The highest BCUT2D eigenvalue weighted by Gasteiger charge is 2.34. The molecule has 1 aromatic rings. The predicted molar refractivity (Wildman–Crippen MR) is 77.0 cm³/mol. The lowest BCUT2D eigenvalue weighted by atomic mass is 10.2. The third-order valence-electron chi connectivity index (χ3n) is 4.03. The van der Waals surface area contributed by atoms with Crippen LogP contribution < -0.4 is 10.2 Å². The van der Waals surface area contributed by atoms with Gasteiger partial charge in [0.05, 0.1) is 7.11 Å². The molecular weight excluding hydrogens is 254 g/mol. The van der Waals surface area contributed by atoms with E-state index >= 15 is 0 Å². The highest BCUT2D eigenvalue weighted by molar-refractivity contribution is 5.94. The monoisotopic (exact) mass is 275 g/mol. The van der Waals surface area contributed by atoms with Gasteiger partial charge in [-0.05, 0) is 44.4 Å². The Morgan fingerprint density at radius 3 is 3.00 bits per heavy atom. The smallest absolute Gasteiger partial charge is 0.341 e. The van der Waals surface area contributed by atoms with Crippen molar-refractivity contribution < 1.29 is 9.53 Å². The molecule has 5 heteroatoms. The zero-order chi connectivity index (χ0) is 13.9. The normalized spacial score (nSPS) is 21.8. The molecule has 0 radical (unpaired) electrons. The number of esters is 1. The van der Waals surface area contributed by atoms with Gasteiger partial charge >= 0.3 is 5.97 Å². The van der Waals surface area contributed by atoms with Gasteiger partial charge in [0.25, 0.3) is 0 Å². The third-order valence-corrected chi connectivity index (χ3v) is 4.03. The summed E-state index contributed by atoms with van der Waals surface area (Å²) in [6, 6.07) is 4.61. The van der Waals surface area contributed by atoms with Crippen molar-refractivity contribution in [2.45, 2.75) is 37.8 Å². The van der Waals surface area contributed by atoms with Crippen LogP contribution in [0.5, 0.6) is 0 Å². The van der Waals surface area contributed by atoms with Crippen LogP contribution in [0.15, 0.2) is 18.3 Å². The van der Waals surface area contributed by atoms with E-state index in [0.29, 0.717) is 17.6 Å². The molecule has 0 aromatic carbocycles. The van der Waals surface area contributed by atoms with E-state index in [2.05, 4.69) is 15.2 Å². The van der Waals surface area contributed by atoms with Gasteiger partial charge in [-0.25, -0.2) is 9.78 Å². The number of rotatable bonds is 5. The third kappa shape index (κ3) is 2.77.